The molecule has 6 rings (SSSR count). The third kappa shape index (κ3) is 7.36. The number of hydrogen-bond acceptors (Lipinski definition) is 7. The minimum absolute atomic E-state index is 0.111. The number of carbonyl (C=O) groups excluding carboxylic acids is 2. The number of aliphatic carboxylic acids is 1. The number of pyridine rings is 1. The van der Waals surface area contributed by atoms with E-state index in [4.69, 9.17) is 14.6 Å². The largest absolute Gasteiger partial charge is 0.490 e. The van der Waals surface area contributed by atoms with Crippen LogP contribution in [0.15, 0.2) is 67.4 Å². The van der Waals surface area contributed by atoms with Crippen LogP contribution in [0.2, 0.25) is 0 Å². The fourth-order valence-corrected chi connectivity index (χ4v) is 5.76. The molecule has 4 aromatic rings. The van der Waals surface area contributed by atoms with Crippen molar-refractivity contribution in [3.8, 4) is 22.4 Å². The van der Waals surface area contributed by atoms with E-state index in [2.05, 4.69) is 75.9 Å². The zero-order chi connectivity index (χ0) is 34.7. The Bertz CT molecular complexity index is 1840. The number of carbonyl (C=O) groups is 3. The third-order valence-electron chi connectivity index (χ3n) is 8.21. The van der Waals surface area contributed by atoms with E-state index in [1.165, 1.54) is 11.8 Å². The number of aromatic nitrogens is 2. The lowest BCUT2D eigenvalue weighted by molar-refractivity contribution is -0.192. The predicted octanol–water partition coefficient (Wildman–Crippen LogP) is 5.92. The first kappa shape index (κ1) is 34.2. The number of benzene rings is 2. The molecule has 0 atom stereocenters. The maximum atomic E-state index is 12.8. The second kappa shape index (κ2) is 13.9. The summed E-state index contributed by atoms with van der Waals surface area (Å²) in [5.74, 6) is -3.27. The van der Waals surface area contributed by atoms with E-state index in [9.17, 15) is 22.8 Å². The standard InChI is InChI=1S/C33H35N5O3.C2HF3O2/c1-5-29(39)38-13-12-22-6-7-24(19-28(22)38)30-27-18-25(33(40)41-21(2)3)20-34-32(27)35-31(30)23-8-10-26(11-9-23)37-16-14-36(4)15-17-37;3-2(4,5)1(6)7/h5-11,18-21H,1,12-17H2,2-4H3,(H,34,35);(H,6,7). The maximum absolute atomic E-state index is 12.8. The number of hydrogen-bond donors (Lipinski definition) is 2. The van der Waals surface area contributed by atoms with Gasteiger partial charge >= 0.3 is 18.1 Å². The van der Waals surface area contributed by atoms with Crippen molar-refractivity contribution in [3.63, 3.8) is 0 Å². The summed E-state index contributed by atoms with van der Waals surface area (Å²) < 4.78 is 37.2. The van der Waals surface area contributed by atoms with Gasteiger partial charge in [-0.25, -0.2) is 14.6 Å². The number of alkyl halides is 3. The molecule has 48 heavy (non-hydrogen) atoms. The minimum Gasteiger partial charge on any atom is -0.475 e. The molecule has 0 saturated carbocycles. The topological polar surface area (TPSA) is 119 Å². The molecule has 0 bridgehead atoms. The van der Waals surface area contributed by atoms with Crippen molar-refractivity contribution in [2.45, 2.75) is 32.5 Å². The van der Waals surface area contributed by atoms with Crippen molar-refractivity contribution in [3.05, 3.63) is 78.5 Å². The van der Waals surface area contributed by atoms with Gasteiger partial charge in [0, 0.05) is 61.2 Å². The minimum atomic E-state index is -5.08. The monoisotopic (exact) mass is 663 g/mol. The molecular weight excluding hydrogens is 627 g/mol. The van der Waals surface area contributed by atoms with Gasteiger partial charge in [-0.15, -0.1) is 0 Å². The Morgan fingerprint density at radius 3 is 2.25 bits per heavy atom. The number of esters is 1. The van der Waals surface area contributed by atoms with Crippen molar-refractivity contribution in [1.82, 2.24) is 14.9 Å². The maximum Gasteiger partial charge on any atom is 0.490 e. The summed E-state index contributed by atoms with van der Waals surface area (Å²) in [7, 11) is 2.16. The highest BCUT2D eigenvalue weighted by atomic mass is 19.4. The lowest BCUT2D eigenvalue weighted by Crippen LogP contribution is -2.44. The van der Waals surface area contributed by atoms with Crippen molar-refractivity contribution < 1.29 is 37.4 Å². The molecule has 1 saturated heterocycles. The van der Waals surface area contributed by atoms with Crippen LogP contribution in [0.5, 0.6) is 0 Å². The van der Waals surface area contributed by atoms with E-state index >= 15 is 0 Å². The van der Waals surface area contributed by atoms with Gasteiger partial charge in [0.25, 0.3) is 0 Å². The Morgan fingerprint density at radius 2 is 1.65 bits per heavy atom. The van der Waals surface area contributed by atoms with Crippen LogP contribution in [-0.4, -0.2) is 89.9 Å². The number of nitrogens with one attached hydrogen (secondary N) is 1. The van der Waals surface area contributed by atoms with Crippen LogP contribution in [0.3, 0.4) is 0 Å². The molecular formula is C35H36F3N5O5. The van der Waals surface area contributed by atoms with Crippen LogP contribution >= 0.6 is 0 Å². The SMILES string of the molecule is C=CC(=O)N1CCc2ccc(-c3c(-c4ccc(N5CCN(C)CC5)cc4)[nH]c4ncc(C(=O)OC(C)C)cc34)cc21.O=C(O)C(F)(F)F. The van der Waals surface area contributed by atoms with Gasteiger partial charge in [0.15, 0.2) is 0 Å². The molecule has 1 fully saturated rings. The number of likely N-dealkylation sites (N-methyl/N-ethyl adjacent to an activating group) is 1. The van der Waals surface area contributed by atoms with E-state index in [0.717, 1.165) is 71.6 Å². The van der Waals surface area contributed by atoms with Gasteiger partial charge < -0.3 is 29.5 Å². The molecule has 10 nitrogen and oxygen atoms in total. The molecule has 0 unspecified atom stereocenters. The highest BCUT2D eigenvalue weighted by molar-refractivity contribution is 6.07. The second-order valence-electron chi connectivity index (χ2n) is 11.9. The summed E-state index contributed by atoms with van der Waals surface area (Å²) in [6.07, 6.45) is -1.60. The van der Waals surface area contributed by atoms with Crippen LogP contribution in [0.25, 0.3) is 33.4 Å². The molecule has 2 aliphatic rings. The van der Waals surface area contributed by atoms with Crippen LogP contribution in [0, 0.1) is 0 Å². The highest BCUT2D eigenvalue weighted by Crippen LogP contribution is 2.41. The van der Waals surface area contributed by atoms with Crippen molar-refractivity contribution in [2.75, 3.05) is 49.6 Å². The number of carboxylic acids is 1. The summed E-state index contributed by atoms with van der Waals surface area (Å²) in [5.41, 5.74) is 8.09. The molecule has 2 N–H and O–H groups in total. The summed E-state index contributed by atoms with van der Waals surface area (Å²) in [6, 6.07) is 16.7. The van der Waals surface area contributed by atoms with Crippen LogP contribution in [0.4, 0.5) is 24.5 Å². The number of nitrogens with zero attached hydrogens (tertiary/aromatic N) is 4. The smallest absolute Gasteiger partial charge is 0.475 e. The van der Waals surface area contributed by atoms with Gasteiger partial charge in [0.05, 0.1) is 17.4 Å². The van der Waals surface area contributed by atoms with Gasteiger partial charge in [0.2, 0.25) is 5.91 Å². The molecule has 2 aliphatic heterocycles. The number of aromatic amines is 1. The fourth-order valence-electron chi connectivity index (χ4n) is 5.76. The van der Waals surface area contributed by atoms with Crippen molar-refractivity contribution in [2.24, 2.45) is 0 Å². The van der Waals surface area contributed by atoms with Gasteiger partial charge in [-0.2, -0.15) is 13.2 Å². The normalized spacial score (nSPS) is 14.8. The first-order chi connectivity index (χ1) is 22.8. The molecule has 2 aromatic carbocycles. The number of anilines is 2. The fraction of sp³-hybridized carbons (Fsp3) is 0.314. The number of carboxylic acid groups (broad SMARTS) is 1. The van der Waals surface area contributed by atoms with Gasteiger partial charge in [0.1, 0.15) is 5.65 Å². The van der Waals surface area contributed by atoms with Crippen LogP contribution in [0.1, 0.15) is 29.8 Å². The molecule has 13 heteroatoms. The number of halogens is 3. The van der Waals surface area contributed by atoms with Crippen molar-refractivity contribution in [1.29, 1.82) is 0 Å². The average molecular weight is 664 g/mol. The number of rotatable bonds is 6. The highest BCUT2D eigenvalue weighted by Gasteiger charge is 2.38. The van der Waals surface area contributed by atoms with Gasteiger partial charge in [-0.3, -0.25) is 4.79 Å². The first-order valence-corrected chi connectivity index (χ1v) is 15.4. The van der Waals surface area contributed by atoms with Crippen LogP contribution in [-0.2, 0) is 20.7 Å². The lowest BCUT2D eigenvalue weighted by Gasteiger charge is -2.34. The Kier molecular flexibility index (Phi) is 9.90. The Morgan fingerprint density at radius 1 is 1.00 bits per heavy atom. The Labute approximate surface area is 275 Å². The lowest BCUT2D eigenvalue weighted by atomic mass is 9.96. The quantitative estimate of drug-likeness (QED) is 0.193. The van der Waals surface area contributed by atoms with Gasteiger partial charge in [-0.1, -0.05) is 30.8 Å². The van der Waals surface area contributed by atoms with Crippen molar-refractivity contribution >= 4 is 40.3 Å². The van der Waals surface area contributed by atoms with E-state index in [0.29, 0.717) is 17.8 Å². The zero-order valence-corrected chi connectivity index (χ0v) is 26.8. The van der Waals surface area contributed by atoms with E-state index < -0.39 is 18.1 Å². The summed E-state index contributed by atoms with van der Waals surface area (Å²) >= 11 is 0. The Balaban J connectivity index is 0.000000582. The molecule has 1 amide bonds. The molecule has 0 aliphatic carbocycles. The number of H-pyrrole nitrogens is 1. The second-order valence-corrected chi connectivity index (χ2v) is 11.9. The summed E-state index contributed by atoms with van der Waals surface area (Å²) in [5, 5.41) is 7.95. The van der Waals surface area contributed by atoms with Gasteiger partial charge in [-0.05, 0) is 74.3 Å². The summed E-state index contributed by atoms with van der Waals surface area (Å²) in [4.78, 5) is 49.0. The van der Waals surface area contributed by atoms with E-state index in [1.54, 1.807) is 11.1 Å². The zero-order valence-electron chi connectivity index (χ0n) is 26.8. The predicted molar refractivity (Wildman–Crippen MR) is 177 cm³/mol. The number of ether oxygens (including phenoxy) is 1. The van der Waals surface area contributed by atoms with E-state index in [1.807, 2.05) is 19.9 Å². The Hall–Kier alpha value is -5.17. The average Bonchev–Trinajstić information content (AvgIpc) is 3.65. The third-order valence-corrected chi connectivity index (χ3v) is 8.21. The molecule has 252 valence electrons. The number of piperazine rings is 1. The van der Waals surface area contributed by atoms with E-state index in [-0.39, 0.29) is 12.0 Å². The molecule has 2 aromatic heterocycles. The molecule has 0 radical (unpaired) electrons. The van der Waals surface area contributed by atoms with Crippen LogP contribution < -0.4 is 9.80 Å². The summed E-state index contributed by atoms with van der Waals surface area (Å²) in [6.45, 7) is 12.1. The number of amides is 1. The number of fused-ring (bicyclic) bond motifs is 2. The first-order valence-electron chi connectivity index (χ1n) is 15.4. The molecule has 4 heterocycles. The molecule has 0 spiro atoms.